The highest BCUT2D eigenvalue weighted by molar-refractivity contribution is 7.90. The van der Waals surface area contributed by atoms with Crippen molar-refractivity contribution in [2.24, 2.45) is 5.92 Å². The number of hydrogen-bond donors (Lipinski definition) is 3. The Morgan fingerprint density at radius 2 is 1.94 bits per heavy atom. The van der Waals surface area contributed by atoms with Gasteiger partial charge in [0.05, 0.1) is 6.10 Å². The lowest BCUT2D eigenvalue weighted by Gasteiger charge is -2.21. The van der Waals surface area contributed by atoms with Crippen LogP contribution in [-0.4, -0.2) is 42.7 Å². The maximum Gasteiger partial charge on any atom is 0.281 e. The summed E-state index contributed by atoms with van der Waals surface area (Å²) in [4.78, 5) is 17.0. The molecule has 3 N–H and O–H groups in total. The van der Waals surface area contributed by atoms with E-state index in [1.807, 2.05) is 25.1 Å². The van der Waals surface area contributed by atoms with E-state index in [0.717, 1.165) is 17.5 Å². The molecular weight excluding hydrogens is 430 g/mol. The van der Waals surface area contributed by atoms with Crippen molar-refractivity contribution in [3.05, 3.63) is 47.5 Å². The maximum absolute atomic E-state index is 12.9. The van der Waals surface area contributed by atoms with Crippen LogP contribution in [0.2, 0.25) is 0 Å². The zero-order valence-electron chi connectivity index (χ0n) is 18.9. The van der Waals surface area contributed by atoms with Gasteiger partial charge in [0.1, 0.15) is 11.6 Å². The quantitative estimate of drug-likeness (QED) is 0.498. The predicted octanol–water partition coefficient (Wildman–Crippen LogP) is 2.80. The molecule has 1 amide bonds. The first-order valence-corrected chi connectivity index (χ1v) is 12.2. The van der Waals surface area contributed by atoms with Crippen molar-refractivity contribution in [3.63, 3.8) is 0 Å². The average molecular weight is 462 g/mol. The van der Waals surface area contributed by atoms with Crippen molar-refractivity contribution in [3.8, 4) is 5.75 Å². The summed E-state index contributed by atoms with van der Waals surface area (Å²) in [7, 11) is -4.19. The number of aromatic nitrogens is 1. The van der Waals surface area contributed by atoms with Crippen LogP contribution in [0.15, 0.2) is 41.4 Å². The Kier molecular flexibility index (Phi) is 7.09. The highest BCUT2D eigenvalue weighted by Gasteiger charge is 2.54. The van der Waals surface area contributed by atoms with Gasteiger partial charge in [-0.05, 0) is 55.5 Å². The third-order valence-corrected chi connectivity index (χ3v) is 6.31. The van der Waals surface area contributed by atoms with Gasteiger partial charge < -0.3 is 15.2 Å². The molecule has 1 atom stereocenters. The van der Waals surface area contributed by atoms with Crippen molar-refractivity contribution in [1.29, 1.82) is 0 Å². The second-order valence-electron chi connectivity index (χ2n) is 8.83. The Balaban J connectivity index is 1.76. The minimum atomic E-state index is -4.19. The molecule has 3 rings (SSSR count). The Labute approximate surface area is 189 Å². The molecule has 0 aliphatic heterocycles. The number of aliphatic hydroxyl groups excluding tert-OH is 1. The molecule has 0 radical (unpaired) electrons. The van der Waals surface area contributed by atoms with E-state index in [9.17, 15) is 18.3 Å². The van der Waals surface area contributed by atoms with Crippen LogP contribution < -0.4 is 14.8 Å². The molecule has 0 bridgehead atoms. The number of ether oxygens (including phenoxy) is 1. The maximum atomic E-state index is 12.9. The topological polar surface area (TPSA) is 118 Å². The Hall–Kier alpha value is -2.65. The number of pyridine rings is 1. The number of hydrogen-bond acceptors (Lipinski definition) is 7. The van der Waals surface area contributed by atoms with Crippen molar-refractivity contribution in [2.45, 2.75) is 63.7 Å². The number of carbonyl (C=O) groups excluding carboxylic acids is 1. The number of rotatable bonds is 10. The molecule has 1 fully saturated rings. The molecule has 174 valence electrons. The van der Waals surface area contributed by atoms with Gasteiger partial charge >= 0.3 is 0 Å². The summed E-state index contributed by atoms with van der Waals surface area (Å²) in [6.45, 7) is 7.97. The molecule has 2 aromatic rings. The van der Waals surface area contributed by atoms with Gasteiger partial charge in [0, 0.05) is 19.4 Å². The van der Waals surface area contributed by atoms with Gasteiger partial charge in [-0.1, -0.05) is 32.0 Å². The zero-order chi connectivity index (χ0) is 23.5. The number of aryl methyl sites for hydroxylation is 1. The summed E-state index contributed by atoms with van der Waals surface area (Å²) in [5, 5.41) is 11.9. The smallest absolute Gasteiger partial charge is 0.281 e. The fourth-order valence-electron chi connectivity index (χ4n) is 3.25. The third-order valence-electron chi connectivity index (χ3n) is 5.08. The lowest BCUT2D eigenvalue weighted by atomic mass is 10.0. The molecular formula is C23H31N3O5S. The minimum absolute atomic E-state index is 0.217. The summed E-state index contributed by atoms with van der Waals surface area (Å²) >= 11 is 0. The van der Waals surface area contributed by atoms with Gasteiger partial charge in [0.2, 0.25) is 0 Å². The Morgan fingerprint density at radius 3 is 2.56 bits per heavy atom. The molecule has 0 unspecified atom stereocenters. The summed E-state index contributed by atoms with van der Waals surface area (Å²) in [6, 6.07) is 10.3. The van der Waals surface area contributed by atoms with E-state index in [0.29, 0.717) is 24.5 Å². The van der Waals surface area contributed by atoms with Crippen LogP contribution in [0.3, 0.4) is 0 Å². The van der Waals surface area contributed by atoms with Gasteiger partial charge in [-0.25, -0.2) is 9.71 Å². The standard InChI is InChI=1S/C23H31N3O5S/c1-15(2)12-18-9-8-16(3)13-19(18)31-23(10-11-23)22(28)26-32(29,30)21-7-5-6-20(25-21)24-14-17(4)27/h5-9,13,15,17,27H,10-12,14H2,1-4H3,(H,24,25)(H,26,28)/t17-/m1/s1. The Morgan fingerprint density at radius 1 is 1.22 bits per heavy atom. The molecule has 32 heavy (non-hydrogen) atoms. The van der Waals surface area contributed by atoms with Crippen LogP contribution in [0.4, 0.5) is 5.82 Å². The normalized spacial score (nSPS) is 15.8. The number of carbonyl (C=O) groups is 1. The average Bonchev–Trinajstić information content (AvgIpc) is 3.49. The summed E-state index contributed by atoms with van der Waals surface area (Å²) < 4.78 is 33.9. The number of anilines is 1. The number of aliphatic hydroxyl groups is 1. The van der Waals surface area contributed by atoms with Crippen LogP contribution in [0.5, 0.6) is 5.75 Å². The molecule has 0 saturated heterocycles. The van der Waals surface area contributed by atoms with Crippen molar-refractivity contribution in [1.82, 2.24) is 9.71 Å². The van der Waals surface area contributed by atoms with Gasteiger partial charge in [0.15, 0.2) is 10.6 Å². The SMILES string of the molecule is Cc1ccc(CC(C)C)c(OC2(C(=O)NS(=O)(=O)c3cccc(NC[C@@H](C)O)n3)CC2)c1. The zero-order valence-corrected chi connectivity index (χ0v) is 19.7. The lowest BCUT2D eigenvalue weighted by Crippen LogP contribution is -2.43. The second-order valence-corrected chi connectivity index (χ2v) is 10.5. The summed E-state index contributed by atoms with van der Waals surface area (Å²) in [5.74, 6) is 0.617. The monoisotopic (exact) mass is 461 g/mol. The lowest BCUT2D eigenvalue weighted by molar-refractivity contribution is -0.127. The molecule has 1 heterocycles. The first-order valence-electron chi connectivity index (χ1n) is 10.8. The van der Waals surface area contributed by atoms with Gasteiger partial charge in [-0.3, -0.25) is 4.79 Å². The van der Waals surface area contributed by atoms with E-state index in [-0.39, 0.29) is 17.4 Å². The molecule has 8 nitrogen and oxygen atoms in total. The number of nitrogens with one attached hydrogen (secondary N) is 2. The third kappa shape index (κ3) is 5.98. The van der Waals surface area contributed by atoms with Gasteiger partial charge in [-0.15, -0.1) is 0 Å². The van der Waals surface area contributed by atoms with Crippen LogP contribution in [-0.2, 0) is 21.2 Å². The summed E-state index contributed by atoms with van der Waals surface area (Å²) in [6.07, 6.45) is 1.05. The highest BCUT2D eigenvalue weighted by Crippen LogP contribution is 2.42. The van der Waals surface area contributed by atoms with Crippen LogP contribution in [0.25, 0.3) is 0 Å². The van der Waals surface area contributed by atoms with E-state index >= 15 is 0 Å². The van der Waals surface area contributed by atoms with Gasteiger partial charge in [0.25, 0.3) is 15.9 Å². The molecule has 1 saturated carbocycles. The highest BCUT2D eigenvalue weighted by atomic mass is 32.2. The first-order chi connectivity index (χ1) is 15.0. The number of nitrogens with zero attached hydrogens (tertiary/aromatic N) is 1. The van der Waals surface area contributed by atoms with E-state index in [1.54, 1.807) is 13.0 Å². The van der Waals surface area contributed by atoms with E-state index in [2.05, 4.69) is 28.9 Å². The second kappa shape index (κ2) is 9.46. The fourth-order valence-corrected chi connectivity index (χ4v) is 4.26. The number of amides is 1. The van der Waals surface area contributed by atoms with Crippen molar-refractivity contribution in [2.75, 3.05) is 11.9 Å². The van der Waals surface area contributed by atoms with Crippen molar-refractivity contribution < 1.29 is 23.1 Å². The van der Waals surface area contributed by atoms with Gasteiger partial charge in [-0.2, -0.15) is 8.42 Å². The number of benzene rings is 1. The van der Waals surface area contributed by atoms with Crippen LogP contribution in [0.1, 0.15) is 44.7 Å². The molecule has 9 heteroatoms. The van der Waals surface area contributed by atoms with Crippen molar-refractivity contribution >= 4 is 21.7 Å². The summed E-state index contributed by atoms with van der Waals surface area (Å²) in [5.41, 5.74) is 0.794. The molecule has 1 aromatic heterocycles. The largest absolute Gasteiger partial charge is 0.477 e. The first kappa shape index (κ1) is 24.0. The molecule has 1 aliphatic carbocycles. The van der Waals surface area contributed by atoms with Crippen LogP contribution in [0, 0.1) is 12.8 Å². The molecule has 1 aromatic carbocycles. The Bertz CT molecular complexity index is 1080. The van der Waals surface area contributed by atoms with E-state index < -0.39 is 27.6 Å². The molecule has 0 spiro atoms. The van der Waals surface area contributed by atoms with E-state index in [4.69, 9.17) is 4.74 Å². The minimum Gasteiger partial charge on any atom is -0.477 e. The van der Waals surface area contributed by atoms with E-state index in [1.165, 1.54) is 12.1 Å². The fraction of sp³-hybridized carbons (Fsp3) is 0.478. The predicted molar refractivity (Wildman–Crippen MR) is 122 cm³/mol. The number of sulfonamides is 1. The molecule has 1 aliphatic rings. The van der Waals surface area contributed by atoms with Crippen LogP contribution >= 0.6 is 0 Å².